The van der Waals surface area contributed by atoms with Gasteiger partial charge < -0.3 is 14.5 Å². The van der Waals surface area contributed by atoms with Crippen LogP contribution in [0.1, 0.15) is 23.6 Å². The molecule has 0 aliphatic rings. The number of benzene rings is 4. The van der Waals surface area contributed by atoms with Crippen molar-refractivity contribution in [3.05, 3.63) is 114 Å². The number of allylic oxidation sites excluding steroid dienone is 1. The van der Waals surface area contributed by atoms with E-state index in [2.05, 4.69) is 48.6 Å². The number of amides is 1. The molecule has 4 nitrogen and oxygen atoms in total. The van der Waals surface area contributed by atoms with Gasteiger partial charge in [-0.25, -0.2) is 0 Å². The summed E-state index contributed by atoms with van der Waals surface area (Å²) in [6.45, 7) is 6.00. The lowest BCUT2D eigenvalue weighted by Gasteiger charge is -2.11. The van der Waals surface area contributed by atoms with Crippen LogP contribution in [0.25, 0.3) is 38.8 Å². The van der Waals surface area contributed by atoms with E-state index in [-0.39, 0.29) is 5.91 Å². The largest absolute Gasteiger partial charge is 0.496 e. The molecule has 0 bridgehead atoms. The molecule has 0 atom stereocenters. The van der Waals surface area contributed by atoms with E-state index in [1.807, 2.05) is 62.4 Å². The molecule has 4 aromatic carbocycles. The number of carbonyl (C=O) groups excluding carboxylic acids is 1. The van der Waals surface area contributed by atoms with Gasteiger partial charge in [-0.3, -0.25) is 4.79 Å². The Kier molecular flexibility index (Phi) is 6.65. The average molecular weight is 488 g/mol. The molecule has 4 heteroatoms. The van der Waals surface area contributed by atoms with Crippen molar-refractivity contribution in [1.82, 2.24) is 0 Å². The topological polar surface area (TPSA) is 51.5 Å². The van der Waals surface area contributed by atoms with Gasteiger partial charge in [-0.2, -0.15) is 0 Å². The van der Waals surface area contributed by atoms with Crippen molar-refractivity contribution in [2.75, 3.05) is 12.4 Å². The Morgan fingerprint density at radius 3 is 2.24 bits per heavy atom. The number of rotatable bonds is 6. The Labute approximate surface area is 217 Å². The Morgan fingerprint density at radius 1 is 0.838 bits per heavy atom. The van der Waals surface area contributed by atoms with Crippen molar-refractivity contribution >= 4 is 28.1 Å². The van der Waals surface area contributed by atoms with Gasteiger partial charge >= 0.3 is 0 Å². The zero-order valence-corrected chi connectivity index (χ0v) is 21.5. The molecule has 0 fully saturated rings. The van der Waals surface area contributed by atoms with Crippen LogP contribution in [-0.4, -0.2) is 13.0 Å². The molecular formula is C33H29NO3. The molecular weight excluding hydrogens is 458 g/mol. The lowest BCUT2D eigenvalue weighted by Crippen LogP contribution is -2.09. The van der Waals surface area contributed by atoms with Gasteiger partial charge in [0.05, 0.1) is 13.4 Å². The Balaban J connectivity index is 1.47. The highest BCUT2D eigenvalue weighted by Crippen LogP contribution is 2.38. The van der Waals surface area contributed by atoms with Crippen LogP contribution in [0.3, 0.4) is 0 Å². The molecule has 5 rings (SSSR count). The molecule has 0 aliphatic carbocycles. The maximum Gasteiger partial charge on any atom is 0.248 e. The van der Waals surface area contributed by atoms with Crippen LogP contribution in [0.5, 0.6) is 5.75 Å². The lowest BCUT2D eigenvalue weighted by molar-refractivity contribution is -0.111. The lowest BCUT2D eigenvalue weighted by atomic mass is 9.97. The highest BCUT2D eigenvalue weighted by atomic mass is 16.5. The van der Waals surface area contributed by atoms with Gasteiger partial charge in [-0.15, -0.1) is 0 Å². The molecule has 1 aromatic heterocycles. The van der Waals surface area contributed by atoms with Crippen molar-refractivity contribution < 1.29 is 13.9 Å². The minimum Gasteiger partial charge on any atom is -0.496 e. The van der Waals surface area contributed by atoms with Gasteiger partial charge in [-0.05, 0) is 72.4 Å². The fourth-order valence-corrected chi connectivity index (χ4v) is 4.50. The number of hydrogen-bond donors (Lipinski definition) is 1. The third kappa shape index (κ3) is 5.05. The highest BCUT2D eigenvalue weighted by Gasteiger charge is 2.15. The minimum absolute atomic E-state index is 0.188. The molecule has 5 aromatic rings. The number of ether oxygens (including phenoxy) is 1. The van der Waals surface area contributed by atoms with Gasteiger partial charge in [0.2, 0.25) is 5.91 Å². The number of nitrogens with one attached hydrogen (secondary N) is 1. The second-order valence-corrected chi connectivity index (χ2v) is 9.26. The Hall–Kier alpha value is -4.57. The first-order chi connectivity index (χ1) is 17.9. The summed E-state index contributed by atoms with van der Waals surface area (Å²) in [4.78, 5) is 12.8. The van der Waals surface area contributed by atoms with E-state index in [0.717, 1.165) is 50.0 Å². The smallest absolute Gasteiger partial charge is 0.248 e. The molecule has 37 heavy (non-hydrogen) atoms. The quantitative estimate of drug-likeness (QED) is 0.245. The van der Waals surface area contributed by atoms with Crippen LogP contribution in [-0.2, 0) is 4.79 Å². The molecule has 184 valence electrons. The number of fused-ring (bicyclic) bond motifs is 1. The van der Waals surface area contributed by atoms with Gasteiger partial charge in [-0.1, -0.05) is 60.7 Å². The molecule has 0 saturated carbocycles. The van der Waals surface area contributed by atoms with Crippen LogP contribution >= 0.6 is 0 Å². The first kappa shape index (κ1) is 24.1. The normalized spacial score (nSPS) is 11.5. The van der Waals surface area contributed by atoms with Crippen LogP contribution in [0.15, 0.2) is 102 Å². The first-order valence-electron chi connectivity index (χ1n) is 12.2. The maximum atomic E-state index is 12.8. The summed E-state index contributed by atoms with van der Waals surface area (Å²) in [5.41, 5.74) is 9.86. The second-order valence-electron chi connectivity index (χ2n) is 9.26. The van der Waals surface area contributed by atoms with Crippen molar-refractivity contribution in [3.63, 3.8) is 0 Å². The molecule has 0 unspecified atom stereocenters. The van der Waals surface area contributed by atoms with E-state index in [0.29, 0.717) is 5.75 Å². The van der Waals surface area contributed by atoms with Crippen LogP contribution in [0.4, 0.5) is 5.69 Å². The van der Waals surface area contributed by atoms with E-state index >= 15 is 0 Å². The summed E-state index contributed by atoms with van der Waals surface area (Å²) in [5, 5.41) is 3.93. The molecule has 0 saturated heterocycles. The van der Waals surface area contributed by atoms with Crippen LogP contribution < -0.4 is 10.1 Å². The van der Waals surface area contributed by atoms with Gasteiger partial charge in [0.25, 0.3) is 0 Å². The molecule has 0 radical (unpaired) electrons. The predicted molar refractivity (Wildman–Crippen MR) is 152 cm³/mol. The number of aryl methyl sites for hydroxylation is 2. The van der Waals surface area contributed by atoms with E-state index in [9.17, 15) is 4.79 Å². The molecule has 1 heterocycles. The molecule has 1 amide bonds. The number of carbonyl (C=O) groups is 1. The SMILES string of the molecule is COc1cc2occ(-c3ccc(-c4ccccc4)cc3)c2cc1/C(C)=C/C(=O)Nc1ccc(C)c(C)c1. The van der Waals surface area contributed by atoms with E-state index in [1.165, 1.54) is 11.1 Å². The Morgan fingerprint density at radius 2 is 1.54 bits per heavy atom. The summed E-state index contributed by atoms with van der Waals surface area (Å²) in [6.07, 6.45) is 3.38. The van der Waals surface area contributed by atoms with Gasteiger partial charge in [0.15, 0.2) is 0 Å². The zero-order chi connectivity index (χ0) is 25.9. The van der Waals surface area contributed by atoms with Crippen molar-refractivity contribution in [2.24, 2.45) is 0 Å². The number of anilines is 1. The third-order valence-electron chi connectivity index (χ3n) is 6.75. The van der Waals surface area contributed by atoms with Crippen molar-refractivity contribution in [1.29, 1.82) is 0 Å². The zero-order valence-electron chi connectivity index (χ0n) is 21.5. The minimum atomic E-state index is -0.188. The summed E-state index contributed by atoms with van der Waals surface area (Å²) >= 11 is 0. The van der Waals surface area contributed by atoms with E-state index < -0.39 is 0 Å². The van der Waals surface area contributed by atoms with Crippen LogP contribution in [0.2, 0.25) is 0 Å². The summed E-state index contributed by atoms with van der Waals surface area (Å²) in [7, 11) is 1.62. The monoisotopic (exact) mass is 487 g/mol. The Bertz CT molecular complexity index is 1610. The van der Waals surface area contributed by atoms with Crippen molar-refractivity contribution in [2.45, 2.75) is 20.8 Å². The number of furan rings is 1. The first-order valence-corrected chi connectivity index (χ1v) is 12.2. The molecule has 0 spiro atoms. The standard InChI is InChI=1S/C33H29NO3/c1-21-10-15-27(16-22(21)2)34-33(35)17-23(3)28-18-29-30(20-37-32(29)19-31(28)36-4)26-13-11-25(12-14-26)24-8-6-5-7-9-24/h5-20H,1-4H3,(H,34,35)/b23-17+. The maximum absolute atomic E-state index is 12.8. The average Bonchev–Trinajstić information content (AvgIpc) is 3.33. The second kappa shape index (κ2) is 10.2. The summed E-state index contributed by atoms with van der Waals surface area (Å²) in [5.74, 6) is 0.465. The van der Waals surface area contributed by atoms with E-state index in [4.69, 9.17) is 9.15 Å². The van der Waals surface area contributed by atoms with Gasteiger partial charge in [0, 0.05) is 34.3 Å². The number of hydrogen-bond acceptors (Lipinski definition) is 3. The fraction of sp³-hybridized carbons (Fsp3) is 0.121. The van der Waals surface area contributed by atoms with Crippen LogP contribution in [0, 0.1) is 13.8 Å². The van der Waals surface area contributed by atoms with Crippen molar-refractivity contribution in [3.8, 4) is 28.0 Å². The molecule has 0 aliphatic heterocycles. The highest BCUT2D eigenvalue weighted by molar-refractivity contribution is 6.05. The number of methoxy groups -OCH3 is 1. The fourth-order valence-electron chi connectivity index (χ4n) is 4.50. The summed E-state index contributed by atoms with van der Waals surface area (Å²) < 4.78 is 11.5. The van der Waals surface area contributed by atoms with E-state index in [1.54, 1.807) is 19.4 Å². The third-order valence-corrected chi connectivity index (χ3v) is 6.75. The molecule has 1 N–H and O–H groups in total. The summed E-state index contributed by atoms with van der Waals surface area (Å²) in [6, 6.07) is 28.6. The van der Waals surface area contributed by atoms with Gasteiger partial charge in [0.1, 0.15) is 11.3 Å². The predicted octanol–water partition coefficient (Wildman–Crippen LogP) is 8.43.